The first-order valence-corrected chi connectivity index (χ1v) is 6.15. The molecule has 0 bridgehead atoms. The first kappa shape index (κ1) is 12.1. The monoisotopic (exact) mass is 264 g/mol. The lowest BCUT2D eigenvalue weighted by Gasteiger charge is -1.96. The number of benzene rings is 1. The minimum absolute atomic E-state index is 0.235. The van der Waals surface area contributed by atoms with E-state index in [2.05, 4.69) is 20.3 Å². The highest BCUT2D eigenvalue weighted by atomic mass is 16.1. The summed E-state index contributed by atoms with van der Waals surface area (Å²) in [6, 6.07) is 11.3. The van der Waals surface area contributed by atoms with Gasteiger partial charge in [-0.3, -0.25) is 15.1 Å². The van der Waals surface area contributed by atoms with Crippen molar-refractivity contribution < 1.29 is 4.79 Å². The van der Waals surface area contributed by atoms with Crippen molar-refractivity contribution in [2.45, 2.75) is 0 Å². The highest BCUT2D eigenvalue weighted by Crippen LogP contribution is 2.13. The van der Waals surface area contributed by atoms with E-state index in [1.54, 1.807) is 18.5 Å². The molecule has 0 unspecified atom stereocenters. The van der Waals surface area contributed by atoms with E-state index in [-0.39, 0.29) is 5.91 Å². The number of pyridine rings is 1. The molecule has 5 heteroatoms. The molecule has 0 fully saturated rings. The fourth-order valence-corrected chi connectivity index (χ4v) is 1.82. The smallest absolute Gasteiger partial charge is 0.250 e. The number of amides is 1. The Morgan fingerprint density at radius 2 is 1.95 bits per heavy atom. The summed E-state index contributed by atoms with van der Waals surface area (Å²) >= 11 is 0. The Morgan fingerprint density at radius 1 is 1.15 bits per heavy atom. The van der Waals surface area contributed by atoms with Crippen LogP contribution in [0.15, 0.2) is 54.9 Å². The molecule has 0 aliphatic carbocycles. The number of carbonyl (C=O) groups excluding carboxylic acids is 1. The number of rotatable bonds is 3. The molecular weight excluding hydrogens is 252 g/mol. The molecule has 1 amide bonds. The van der Waals surface area contributed by atoms with Crippen LogP contribution in [-0.2, 0) is 4.79 Å². The third kappa shape index (κ3) is 2.72. The van der Waals surface area contributed by atoms with Gasteiger partial charge in [0.2, 0.25) is 5.95 Å². The van der Waals surface area contributed by atoms with Crippen LogP contribution in [0.3, 0.4) is 0 Å². The highest BCUT2D eigenvalue weighted by Gasteiger charge is 2.03. The summed E-state index contributed by atoms with van der Waals surface area (Å²) in [6.07, 6.45) is 6.54. The van der Waals surface area contributed by atoms with E-state index >= 15 is 0 Å². The third-order valence-electron chi connectivity index (χ3n) is 2.76. The van der Waals surface area contributed by atoms with Crippen molar-refractivity contribution in [2.24, 2.45) is 0 Å². The zero-order chi connectivity index (χ0) is 13.8. The van der Waals surface area contributed by atoms with Gasteiger partial charge in [-0.1, -0.05) is 12.1 Å². The Morgan fingerprint density at radius 3 is 2.75 bits per heavy atom. The van der Waals surface area contributed by atoms with Crippen molar-refractivity contribution >= 4 is 29.0 Å². The summed E-state index contributed by atoms with van der Waals surface area (Å²) in [5.74, 6) is 0.205. The standard InChI is InChI=1S/C15H12N4O/c20-14(6-5-11-7-9-16-10-8-11)19-15-17-12-3-1-2-4-13(12)18-15/h1-10H,(H2,17,18,19,20)/b6-5+. The molecule has 3 rings (SSSR count). The number of nitrogens with zero attached hydrogens (tertiary/aromatic N) is 2. The summed E-state index contributed by atoms with van der Waals surface area (Å²) in [5.41, 5.74) is 2.63. The van der Waals surface area contributed by atoms with Gasteiger partial charge in [0.1, 0.15) is 0 Å². The van der Waals surface area contributed by atoms with Gasteiger partial charge in [0.05, 0.1) is 11.0 Å². The largest absolute Gasteiger partial charge is 0.324 e. The molecule has 5 nitrogen and oxygen atoms in total. The number of imidazole rings is 1. The number of carbonyl (C=O) groups is 1. The van der Waals surface area contributed by atoms with Gasteiger partial charge in [-0.2, -0.15) is 0 Å². The number of hydrogen-bond acceptors (Lipinski definition) is 3. The Hall–Kier alpha value is -2.95. The average molecular weight is 264 g/mol. The lowest BCUT2D eigenvalue weighted by molar-refractivity contribution is -0.111. The topological polar surface area (TPSA) is 70.7 Å². The Bertz CT molecular complexity index is 729. The van der Waals surface area contributed by atoms with Crippen LogP contribution in [0, 0.1) is 0 Å². The lowest BCUT2D eigenvalue weighted by atomic mass is 10.2. The molecule has 0 aliphatic rings. The van der Waals surface area contributed by atoms with Crippen LogP contribution in [-0.4, -0.2) is 20.9 Å². The maximum atomic E-state index is 11.8. The molecule has 0 saturated carbocycles. The van der Waals surface area contributed by atoms with Gasteiger partial charge in [-0.25, -0.2) is 4.98 Å². The van der Waals surface area contributed by atoms with Crippen molar-refractivity contribution in [3.8, 4) is 0 Å². The van der Waals surface area contributed by atoms with Crippen LogP contribution < -0.4 is 5.32 Å². The summed E-state index contributed by atoms with van der Waals surface area (Å²) in [4.78, 5) is 23.0. The van der Waals surface area contributed by atoms with E-state index in [1.807, 2.05) is 36.4 Å². The Labute approximate surface area is 115 Å². The third-order valence-corrected chi connectivity index (χ3v) is 2.76. The predicted molar refractivity (Wildman–Crippen MR) is 78.0 cm³/mol. The van der Waals surface area contributed by atoms with Crippen molar-refractivity contribution in [2.75, 3.05) is 5.32 Å². The predicted octanol–water partition coefficient (Wildman–Crippen LogP) is 2.61. The number of para-hydroxylation sites is 2. The second-order valence-corrected chi connectivity index (χ2v) is 4.21. The second kappa shape index (κ2) is 5.36. The molecule has 0 saturated heterocycles. The number of aromatic nitrogens is 3. The molecular formula is C15H12N4O. The van der Waals surface area contributed by atoms with E-state index in [1.165, 1.54) is 6.08 Å². The number of anilines is 1. The fraction of sp³-hybridized carbons (Fsp3) is 0. The summed E-state index contributed by atoms with van der Waals surface area (Å²) < 4.78 is 0. The minimum atomic E-state index is -0.235. The molecule has 98 valence electrons. The van der Waals surface area contributed by atoms with E-state index < -0.39 is 0 Å². The molecule has 1 aromatic carbocycles. The second-order valence-electron chi connectivity index (χ2n) is 4.21. The maximum Gasteiger partial charge on any atom is 0.250 e. The Kier molecular flexibility index (Phi) is 3.24. The molecule has 0 atom stereocenters. The van der Waals surface area contributed by atoms with Crippen molar-refractivity contribution in [1.29, 1.82) is 0 Å². The number of nitrogens with one attached hydrogen (secondary N) is 2. The number of H-pyrrole nitrogens is 1. The van der Waals surface area contributed by atoms with Gasteiger partial charge in [-0.15, -0.1) is 0 Å². The van der Waals surface area contributed by atoms with Gasteiger partial charge in [0, 0.05) is 18.5 Å². The zero-order valence-corrected chi connectivity index (χ0v) is 10.6. The van der Waals surface area contributed by atoms with E-state index in [0.717, 1.165) is 16.6 Å². The molecule has 3 aromatic rings. The van der Waals surface area contributed by atoms with Gasteiger partial charge in [0.25, 0.3) is 5.91 Å². The Balaban J connectivity index is 1.71. The summed E-state index contributed by atoms with van der Waals surface area (Å²) in [6.45, 7) is 0. The van der Waals surface area contributed by atoms with Gasteiger partial charge >= 0.3 is 0 Å². The van der Waals surface area contributed by atoms with E-state index in [9.17, 15) is 4.79 Å². The average Bonchev–Trinajstić information content (AvgIpc) is 2.88. The van der Waals surface area contributed by atoms with E-state index in [0.29, 0.717) is 5.95 Å². The van der Waals surface area contributed by atoms with Crippen LogP contribution >= 0.6 is 0 Å². The number of hydrogen-bond donors (Lipinski definition) is 2. The summed E-state index contributed by atoms with van der Waals surface area (Å²) in [5, 5.41) is 2.69. The van der Waals surface area contributed by atoms with E-state index in [4.69, 9.17) is 0 Å². The quantitative estimate of drug-likeness (QED) is 0.714. The molecule has 0 aliphatic heterocycles. The number of fused-ring (bicyclic) bond motifs is 1. The van der Waals surface area contributed by atoms with Crippen LogP contribution in [0.2, 0.25) is 0 Å². The SMILES string of the molecule is O=C(/C=C/c1ccncc1)Nc1nc2ccccc2[nH]1. The van der Waals surface area contributed by atoms with Crippen LogP contribution in [0.4, 0.5) is 5.95 Å². The molecule has 0 radical (unpaired) electrons. The lowest BCUT2D eigenvalue weighted by Crippen LogP contribution is -2.08. The first-order valence-electron chi connectivity index (χ1n) is 6.15. The molecule has 2 heterocycles. The normalized spacial score (nSPS) is 11.0. The molecule has 2 aromatic heterocycles. The fourth-order valence-electron chi connectivity index (χ4n) is 1.82. The first-order chi connectivity index (χ1) is 9.81. The van der Waals surface area contributed by atoms with Crippen molar-refractivity contribution in [1.82, 2.24) is 15.0 Å². The molecule has 2 N–H and O–H groups in total. The van der Waals surface area contributed by atoms with Crippen LogP contribution in [0.1, 0.15) is 5.56 Å². The minimum Gasteiger partial charge on any atom is -0.324 e. The molecule has 0 spiro atoms. The van der Waals surface area contributed by atoms with Crippen molar-refractivity contribution in [3.63, 3.8) is 0 Å². The zero-order valence-electron chi connectivity index (χ0n) is 10.6. The van der Waals surface area contributed by atoms with Gasteiger partial charge < -0.3 is 4.98 Å². The summed E-state index contributed by atoms with van der Waals surface area (Å²) in [7, 11) is 0. The number of aromatic amines is 1. The van der Waals surface area contributed by atoms with Crippen LogP contribution in [0.25, 0.3) is 17.1 Å². The van der Waals surface area contributed by atoms with Gasteiger partial charge in [0.15, 0.2) is 0 Å². The van der Waals surface area contributed by atoms with Crippen LogP contribution in [0.5, 0.6) is 0 Å². The maximum absolute atomic E-state index is 11.8. The van der Waals surface area contributed by atoms with Gasteiger partial charge in [-0.05, 0) is 35.9 Å². The van der Waals surface area contributed by atoms with Crippen molar-refractivity contribution in [3.05, 3.63) is 60.4 Å². The highest BCUT2D eigenvalue weighted by molar-refractivity contribution is 6.01. The molecule has 20 heavy (non-hydrogen) atoms.